The molecule has 0 amide bonds. The Morgan fingerprint density at radius 3 is 2.50 bits per heavy atom. The van der Waals surface area contributed by atoms with Gasteiger partial charge in [0.25, 0.3) is 0 Å². The number of hydrogen-bond acceptors (Lipinski definition) is 2. The Labute approximate surface area is 95.3 Å². The van der Waals surface area contributed by atoms with Crippen LogP contribution in [-0.4, -0.2) is 30.4 Å². The second-order valence-corrected chi connectivity index (χ2v) is 3.46. The zero-order chi connectivity index (χ0) is 12.0. The van der Waals surface area contributed by atoms with Crippen LogP contribution in [0.15, 0.2) is 30.3 Å². The van der Waals surface area contributed by atoms with Crippen LogP contribution in [-0.2, 0) is 6.42 Å². The Balaban J connectivity index is 2.31. The third-order valence-corrected chi connectivity index (χ3v) is 2.25. The summed E-state index contributed by atoms with van der Waals surface area (Å²) in [7, 11) is 1.58. The predicted molar refractivity (Wildman–Crippen MR) is 65.6 cm³/mol. The van der Waals surface area contributed by atoms with Crippen molar-refractivity contribution in [1.82, 2.24) is 10.2 Å². The molecule has 0 aliphatic heterocycles. The van der Waals surface area contributed by atoms with Crippen molar-refractivity contribution in [2.24, 2.45) is 5.73 Å². The molecule has 5 heteroatoms. The molecule has 5 nitrogen and oxygen atoms in total. The predicted octanol–water partition coefficient (Wildman–Crippen LogP) is 0.579. The summed E-state index contributed by atoms with van der Waals surface area (Å²) in [6.45, 7) is 0.653. The summed E-state index contributed by atoms with van der Waals surface area (Å²) in [5.41, 5.74) is 6.46. The molecule has 0 aliphatic rings. The molecular weight excluding hydrogens is 202 g/mol. The lowest BCUT2D eigenvalue weighted by atomic mass is 10.1. The molecule has 0 fully saturated rings. The van der Waals surface area contributed by atoms with Crippen LogP contribution < -0.4 is 11.1 Å². The van der Waals surface area contributed by atoms with Crippen molar-refractivity contribution in [3.05, 3.63) is 35.9 Å². The van der Waals surface area contributed by atoms with Gasteiger partial charge in [-0.15, -0.1) is 0 Å². The fraction of sp³-hybridized carbons (Fsp3) is 0.273. The number of guanidine groups is 2. The molecule has 0 saturated heterocycles. The van der Waals surface area contributed by atoms with Crippen molar-refractivity contribution in [1.29, 1.82) is 10.8 Å². The van der Waals surface area contributed by atoms with Crippen LogP contribution in [0.5, 0.6) is 0 Å². The normalized spacial score (nSPS) is 9.56. The van der Waals surface area contributed by atoms with E-state index in [1.54, 1.807) is 7.05 Å². The van der Waals surface area contributed by atoms with Gasteiger partial charge in [0.2, 0.25) is 0 Å². The molecule has 1 aromatic rings. The lowest BCUT2D eigenvalue weighted by molar-refractivity contribution is 0.668. The van der Waals surface area contributed by atoms with Gasteiger partial charge in [0.1, 0.15) is 0 Å². The number of hydrogen-bond donors (Lipinski definition) is 4. The summed E-state index contributed by atoms with van der Waals surface area (Å²) < 4.78 is 0. The maximum absolute atomic E-state index is 7.58. The first kappa shape index (κ1) is 12.0. The van der Waals surface area contributed by atoms with Gasteiger partial charge in [0.05, 0.1) is 0 Å². The molecule has 0 bridgehead atoms. The van der Waals surface area contributed by atoms with Crippen LogP contribution in [0.2, 0.25) is 0 Å². The van der Waals surface area contributed by atoms with Crippen LogP contribution >= 0.6 is 0 Å². The van der Waals surface area contributed by atoms with Gasteiger partial charge in [0.15, 0.2) is 11.9 Å². The van der Waals surface area contributed by atoms with Crippen molar-refractivity contribution in [3.63, 3.8) is 0 Å². The number of nitrogens with one attached hydrogen (secondary N) is 3. The number of benzene rings is 1. The van der Waals surface area contributed by atoms with Gasteiger partial charge in [-0.2, -0.15) is 0 Å². The molecule has 0 spiro atoms. The second-order valence-electron chi connectivity index (χ2n) is 3.46. The molecule has 1 rings (SSSR count). The number of nitrogens with two attached hydrogens (primary N) is 1. The van der Waals surface area contributed by atoms with Crippen LogP contribution in [0, 0.1) is 10.8 Å². The van der Waals surface area contributed by atoms with Crippen LogP contribution in [0.1, 0.15) is 5.56 Å². The van der Waals surface area contributed by atoms with Gasteiger partial charge in [0, 0.05) is 13.6 Å². The molecule has 0 atom stereocenters. The highest BCUT2D eigenvalue weighted by atomic mass is 15.3. The van der Waals surface area contributed by atoms with Crippen molar-refractivity contribution in [3.8, 4) is 0 Å². The minimum Gasteiger partial charge on any atom is -0.370 e. The molecule has 0 unspecified atom stereocenters. The maximum Gasteiger partial charge on any atom is 0.197 e. The molecule has 0 aromatic heterocycles. The van der Waals surface area contributed by atoms with E-state index in [9.17, 15) is 0 Å². The molecule has 86 valence electrons. The largest absolute Gasteiger partial charge is 0.370 e. The molecule has 0 radical (unpaired) electrons. The molecule has 0 heterocycles. The quantitative estimate of drug-likeness (QED) is 0.443. The first-order valence-electron chi connectivity index (χ1n) is 5.05. The van der Waals surface area contributed by atoms with Gasteiger partial charge < -0.3 is 11.1 Å². The lowest BCUT2D eigenvalue weighted by Gasteiger charge is -2.18. The zero-order valence-corrected chi connectivity index (χ0v) is 9.33. The third kappa shape index (κ3) is 3.61. The Bertz CT molecular complexity index is 360. The molecule has 5 N–H and O–H groups in total. The summed E-state index contributed by atoms with van der Waals surface area (Å²) >= 11 is 0. The SMILES string of the molecule is CN(C(=N)N)C(=N)NCCc1ccccc1. The van der Waals surface area contributed by atoms with E-state index in [0.29, 0.717) is 6.54 Å². The van der Waals surface area contributed by atoms with Gasteiger partial charge in [-0.05, 0) is 12.0 Å². The topological polar surface area (TPSA) is 89.0 Å². The second kappa shape index (κ2) is 5.75. The van der Waals surface area contributed by atoms with Crippen LogP contribution in [0.4, 0.5) is 0 Å². The van der Waals surface area contributed by atoms with E-state index in [-0.39, 0.29) is 11.9 Å². The van der Waals surface area contributed by atoms with Gasteiger partial charge >= 0.3 is 0 Å². The Morgan fingerprint density at radius 2 is 1.94 bits per heavy atom. The first-order valence-corrected chi connectivity index (χ1v) is 5.05. The van der Waals surface area contributed by atoms with E-state index in [1.165, 1.54) is 10.5 Å². The zero-order valence-electron chi connectivity index (χ0n) is 9.33. The highest BCUT2D eigenvalue weighted by Gasteiger charge is 2.05. The highest BCUT2D eigenvalue weighted by molar-refractivity contribution is 5.94. The monoisotopic (exact) mass is 219 g/mol. The fourth-order valence-corrected chi connectivity index (χ4v) is 1.21. The summed E-state index contributed by atoms with van der Waals surface area (Å²) in [6, 6.07) is 10.0. The number of nitrogens with zero attached hydrogens (tertiary/aromatic N) is 1. The molecular formula is C11H17N5. The minimum absolute atomic E-state index is 0.141. The van der Waals surface area contributed by atoms with Gasteiger partial charge in [-0.3, -0.25) is 15.7 Å². The Hall–Kier alpha value is -2.04. The summed E-state index contributed by atoms with van der Waals surface area (Å²) in [5.74, 6) is 0.000595. The van der Waals surface area contributed by atoms with E-state index < -0.39 is 0 Å². The van der Waals surface area contributed by atoms with E-state index in [0.717, 1.165) is 6.42 Å². The van der Waals surface area contributed by atoms with Gasteiger partial charge in [-0.25, -0.2) is 0 Å². The molecule has 16 heavy (non-hydrogen) atoms. The highest BCUT2D eigenvalue weighted by Crippen LogP contribution is 1.98. The minimum atomic E-state index is -0.141. The van der Waals surface area contributed by atoms with Crippen molar-refractivity contribution >= 4 is 11.9 Å². The van der Waals surface area contributed by atoms with E-state index in [4.69, 9.17) is 16.6 Å². The molecule has 0 saturated carbocycles. The third-order valence-electron chi connectivity index (χ3n) is 2.25. The average molecular weight is 219 g/mol. The van der Waals surface area contributed by atoms with Crippen molar-refractivity contribution in [2.75, 3.05) is 13.6 Å². The Morgan fingerprint density at radius 1 is 1.31 bits per heavy atom. The summed E-state index contributed by atoms with van der Waals surface area (Å²) in [5, 5.41) is 17.6. The van der Waals surface area contributed by atoms with E-state index in [2.05, 4.69) is 5.32 Å². The standard InChI is InChI=1S/C11H17N5/c1-16(10(12)13)11(14)15-8-7-9-5-3-2-4-6-9/h2-6H,7-8H2,1H3,(H3,12,13)(H2,14,15). The summed E-state index contributed by atoms with van der Waals surface area (Å²) in [6.07, 6.45) is 0.842. The summed E-state index contributed by atoms with van der Waals surface area (Å²) in [4.78, 5) is 1.28. The first-order chi connectivity index (χ1) is 7.61. The maximum atomic E-state index is 7.58. The number of rotatable bonds is 3. The van der Waals surface area contributed by atoms with Crippen molar-refractivity contribution < 1.29 is 0 Å². The van der Waals surface area contributed by atoms with Gasteiger partial charge in [-0.1, -0.05) is 30.3 Å². The van der Waals surface area contributed by atoms with E-state index in [1.807, 2.05) is 30.3 Å². The molecule has 1 aromatic carbocycles. The fourth-order valence-electron chi connectivity index (χ4n) is 1.21. The van der Waals surface area contributed by atoms with E-state index >= 15 is 0 Å². The average Bonchev–Trinajstić information content (AvgIpc) is 2.29. The van der Waals surface area contributed by atoms with Crippen LogP contribution in [0.3, 0.4) is 0 Å². The lowest BCUT2D eigenvalue weighted by Crippen LogP contribution is -2.45. The molecule has 0 aliphatic carbocycles. The smallest absolute Gasteiger partial charge is 0.197 e. The van der Waals surface area contributed by atoms with Crippen LogP contribution in [0.25, 0.3) is 0 Å². The Kier molecular flexibility index (Phi) is 4.32. The van der Waals surface area contributed by atoms with Crippen molar-refractivity contribution in [2.45, 2.75) is 6.42 Å².